The Morgan fingerprint density at radius 2 is 2.19 bits per heavy atom. The van der Waals surface area contributed by atoms with Gasteiger partial charge in [-0.25, -0.2) is 0 Å². The maximum absolute atomic E-state index is 11.6. The van der Waals surface area contributed by atoms with Crippen LogP contribution in [0.15, 0.2) is 18.2 Å². The molecule has 0 saturated carbocycles. The first-order valence-electron chi connectivity index (χ1n) is 7.37. The summed E-state index contributed by atoms with van der Waals surface area (Å²) in [6.07, 6.45) is 2.30. The summed E-state index contributed by atoms with van der Waals surface area (Å²) in [6.45, 7) is 1.88. The molecule has 1 aromatic carbocycles. The molecule has 0 heterocycles. The number of benzene rings is 1. The molecule has 5 N–H and O–H groups in total. The predicted octanol–water partition coefficient (Wildman–Crippen LogP) is 1.30. The van der Waals surface area contributed by atoms with Crippen molar-refractivity contribution in [2.45, 2.75) is 44.5 Å². The molecule has 0 aromatic heterocycles. The van der Waals surface area contributed by atoms with Gasteiger partial charge in [0.25, 0.3) is 0 Å². The monoisotopic (exact) mass is 291 g/mol. The number of fused-ring (bicyclic) bond motifs is 1. The van der Waals surface area contributed by atoms with Crippen LogP contribution in [0.3, 0.4) is 0 Å². The lowest BCUT2D eigenvalue weighted by Crippen LogP contribution is -2.19. The van der Waals surface area contributed by atoms with Crippen LogP contribution in [0.2, 0.25) is 6.32 Å². The first kappa shape index (κ1) is 16.0. The molecule has 6 heteroatoms. The molecule has 1 aromatic rings. The quantitative estimate of drug-likeness (QED) is 0.591. The van der Waals surface area contributed by atoms with E-state index in [-0.39, 0.29) is 18.3 Å². The number of rotatable bonds is 6. The maximum atomic E-state index is 11.6. The van der Waals surface area contributed by atoms with Crippen LogP contribution >= 0.6 is 0 Å². The lowest BCUT2D eigenvalue weighted by molar-refractivity contribution is -0.139. The number of aliphatic carboxylic acids is 1. The van der Waals surface area contributed by atoms with Gasteiger partial charge < -0.3 is 20.9 Å². The van der Waals surface area contributed by atoms with Gasteiger partial charge in [0.2, 0.25) is 0 Å². The summed E-state index contributed by atoms with van der Waals surface area (Å²) in [5, 5.41) is 27.3. The van der Waals surface area contributed by atoms with Gasteiger partial charge in [-0.15, -0.1) is 0 Å². The summed E-state index contributed by atoms with van der Waals surface area (Å²) in [4.78, 5) is 11.6. The number of carboxylic acids is 1. The summed E-state index contributed by atoms with van der Waals surface area (Å²) < 4.78 is 0. The molecule has 5 nitrogen and oxygen atoms in total. The first-order valence-corrected chi connectivity index (χ1v) is 7.37. The lowest BCUT2D eigenvalue weighted by Gasteiger charge is -2.17. The van der Waals surface area contributed by atoms with Crippen molar-refractivity contribution in [3.8, 4) is 0 Å². The van der Waals surface area contributed by atoms with E-state index in [1.165, 1.54) is 0 Å². The lowest BCUT2D eigenvalue weighted by atomic mass is 9.80. The zero-order chi connectivity index (χ0) is 15.6. The SMILES string of the molecule is CC(N)c1ccc2c(c1)C(C(=O)O)C(CCCB(O)O)C2. The van der Waals surface area contributed by atoms with Gasteiger partial charge in [-0.2, -0.15) is 0 Å². The highest BCUT2D eigenvalue weighted by Crippen LogP contribution is 2.41. The third kappa shape index (κ3) is 3.64. The molecule has 0 amide bonds. The van der Waals surface area contributed by atoms with Crippen LogP contribution in [0.1, 0.15) is 48.4 Å². The average Bonchev–Trinajstić information content (AvgIpc) is 2.75. The van der Waals surface area contributed by atoms with Crippen molar-refractivity contribution in [2.24, 2.45) is 11.7 Å². The van der Waals surface area contributed by atoms with Crippen LogP contribution in [0, 0.1) is 5.92 Å². The molecule has 3 unspecified atom stereocenters. The van der Waals surface area contributed by atoms with Crippen molar-refractivity contribution in [1.29, 1.82) is 0 Å². The fourth-order valence-corrected chi connectivity index (χ4v) is 3.19. The van der Waals surface area contributed by atoms with Crippen molar-refractivity contribution in [3.05, 3.63) is 34.9 Å². The summed E-state index contributed by atoms with van der Waals surface area (Å²) in [5.74, 6) is -1.32. The summed E-state index contributed by atoms with van der Waals surface area (Å²) in [6, 6.07) is 5.74. The van der Waals surface area contributed by atoms with E-state index >= 15 is 0 Å². The Bertz CT molecular complexity index is 518. The summed E-state index contributed by atoms with van der Waals surface area (Å²) >= 11 is 0. The second-order valence-electron chi connectivity index (χ2n) is 5.94. The Hall–Kier alpha value is -1.37. The largest absolute Gasteiger partial charge is 0.481 e. The third-order valence-electron chi connectivity index (χ3n) is 4.29. The molecule has 2 rings (SSSR count). The van der Waals surface area contributed by atoms with Gasteiger partial charge >= 0.3 is 13.1 Å². The first-order chi connectivity index (χ1) is 9.90. The highest BCUT2D eigenvalue weighted by molar-refractivity contribution is 6.40. The van der Waals surface area contributed by atoms with E-state index in [0.29, 0.717) is 12.8 Å². The van der Waals surface area contributed by atoms with Gasteiger partial charge in [0, 0.05) is 6.04 Å². The average molecular weight is 291 g/mol. The van der Waals surface area contributed by atoms with E-state index in [9.17, 15) is 9.90 Å². The van der Waals surface area contributed by atoms with Gasteiger partial charge in [-0.05, 0) is 48.7 Å². The zero-order valence-electron chi connectivity index (χ0n) is 12.2. The highest BCUT2D eigenvalue weighted by atomic mass is 16.4. The minimum atomic E-state index is -1.32. The molecule has 0 aliphatic heterocycles. The second-order valence-corrected chi connectivity index (χ2v) is 5.94. The Kier molecular flexibility index (Phi) is 5.03. The van der Waals surface area contributed by atoms with E-state index in [2.05, 4.69) is 0 Å². The Morgan fingerprint density at radius 1 is 1.48 bits per heavy atom. The van der Waals surface area contributed by atoms with E-state index in [1.54, 1.807) is 0 Å². The molecule has 0 fully saturated rings. The molecular weight excluding hydrogens is 269 g/mol. The number of carbonyl (C=O) groups is 1. The van der Waals surface area contributed by atoms with Gasteiger partial charge in [0.1, 0.15) is 0 Å². The normalized spacial score (nSPS) is 21.9. The zero-order valence-corrected chi connectivity index (χ0v) is 12.2. The van der Waals surface area contributed by atoms with Gasteiger partial charge in [0.05, 0.1) is 5.92 Å². The molecule has 0 bridgehead atoms. The molecule has 0 radical (unpaired) electrons. The van der Waals surface area contributed by atoms with Crippen molar-refractivity contribution in [1.82, 2.24) is 0 Å². The molecule has 1 aliphatic rings. The smallest absolute Gasteiger partial charge is 0.451 e. The predicted molar refractivity (Wildman–Crippen MR) is 80.8 cm³/mol. The number of hydrogen-bond acceptors (Lipinski definition) is 4. The van der Waals surface area contributed by atoms with Crippen LogP contribution < -0.4 is 5.73 Å². The van der Waals surface area contributed by atoms with E-state index in [1.807, 2.05) is 25.1 Å². The Morgan fingerprint density at radius 3 is 2.76 bits per heavy atom. The van der Waals surface area contributed by atoms with E-state index in [4.69, 9.17) is 15.8 Å². The van der Waals surface area contributed by atoms with Crippen molar-refractivity contribution >= 4 is 13.1 Å². The van der Waals surface area contributed by atoms with E-state index < -0.39 is 19.0 Å². The number of hydrogen-bond donors (Lipinski definition) is 4. The minimum absolute atomic E-state index is 0.0135. The van der Waals surface area contributed by atoms with Crippen molar-refractivity contribution in [3.63, 3.8) is 0 Å². The molecular formula is C15H22BNO4. The van der Waals surface area contributed by atoms with Crippen LogP contribution in [-0.4, -0.2) is 28.2 Å². The van der Waals surface area contributed by atoms with Crippen LogP contribution in [-0.2, 0) is 11.2 Å². The molecule has 1 aliphatic carbocycles. The maximum Gasteiger partial charge on any atom is 0.451 e. The van der Waals surface area contributed by atoms with Crippen LogP contribution in [0.25, 0.3) is 0 Å². The van der Waals surface area contributed by atoms with Gasteiger partial charge in [0.15, 0.2) is 0 Å². The third-order valence-corrected chi connectivity index (χ3v) is 4.29. The molecule has 114 valence electrons. The fourth-order valence-electron chi connectivity index (χ4n) is 3.19. The number of carboxylic acid groups (broad SMARTS) is 1. The Labute approximate surface area is 124 Å². The van der Waals surface area contributed by atoms with E-state index in [0.717, 1.165) is 23.1 Å². The van der Waals surface area contributed by atoms with Crippen molar-refractivity contribution < 1.29 is 19.9 Å². The molecule has 3 atom stereocenters. The Balaban J connectivity index is 2.18. The van der Waals surface area contributed by atoms with Crippen molar-refractivity contribution in [2.75, 3.05) is 0 Å². The van der Waals surface area contributed by atoms with Gasteiger partial charge in [-0.1, -0.05) is 24.6 Å². The fraction of sp³-hybridized carbons (Fsp3) is 0.533. The summed E-state index contributed by atoms with van der Waals surface area (Å²) in [5.41, 5.74) is 8.76. The number of nitrogens with two attached hydrogens (primary N) is 1. The standard InChI is InChI=1S/C15H22BNO4/c1-9(17)10-4-5-11-7-12(3-2-6-16(20)21)14(15(18)19)13(11)8-10/h4-5,8-9,12,14,20-21H,2-3,6-7,17H2,1H3,(H,18,19). The minimum Gasteiger partial charge on any atom is -0.481 e. The molecule has 21 heavy (non-hydrogen) atoms. The van der Waals surface area contributed by atoms with Crippen LogP contribution in [0.5, 0.6) is 0 Å². The summed E-state index contributed by atoms with van der Waals surface area (Å²) in [7, 11) is -1.32. The molecule has 0 spiro atoms. The topological polar surface area (TPSA) is 104 Å². The second kappa shape index (κ2) is 6.60. The molecule has 0 saturated heterocycles. The van der Waals surface area contributed by atoms with Crippen LogP contribution in [0.4, 0.5) is 0 Å². The highest BCUT2D eigenvalue weighted by Gasteiger charge is 2.37. The van der Waals surface area contributed by atoms with Gasteiger partial charge in [-0.3, -0.25) is 4.79 Å².